The molecule has 4 heterocycles. The smallest absolute Gasteiger partial charge is 0.233 e. The molecule has 1 aromatic carbocycles. The van der Waals surface area contributed by atoms with Gasteiger partial charge in [-0.05, 0) is 31.0 Å². The number of ether oxygens (including phenoxy) is 1. The molecule has 2 aliphatic rings. The van der Waals surface area contributed by atoms with E-state index < -0.39 is 6.17 Å². The molecule has 8 heteroatoms. The predicted octanol–water partition coefficient (Wildman–Crippen LogP) is 2.64. The van der Waals surface area contributed by atoms with Gasteiger partial charge < -0.3 is 19.7 Å². The number of piperidine rings is 1. The van der Waals surface area contributed by atoms with Crippen LogP contribution < -0.4 is 10.1 Å². The molecule has 2 bridgehead atoms. The molecule has 28 heavy (non-hydrogen) atoms. The molecule has 2 unspecified atom stereocenters. The molecule has 0 aliphatic carbocycles. The van der Waals surface area contributed by atoms with Gasteiger partial charge in [-0.15, -0.1) is 10.2 Å². The number of aromatic nitrogens is 4. The molecule has 144 valence electrons. The topological polar surface area (TPSA) is 85.1 Å². The zero-order valence-electron chi connectivity index (χ0n) is 15.1. The van der Waals surface area contributed by atoms with E-state index >= 15 is 0 Å². The van der Waals surface area contributed by atoms with Gasteiger partial charge in [0, 0.05) is 48.6 Å². The molecular weight excluding hydrogens is 361 g/mol. The van der Waals surface area contributed by atoms with Crippen LogP contribution in [0.25, 0.3) is 16.9 Å². The van der Waals surface area contributed by atoms with Crippen molar-refractivity contribution in [3.8, 4) is 28.6 Å². The van der Waals surface area contributed by atoms with E-state index in [1.807, 2.05) is 6.07 Å². The quantitative estimate of drug-likeness (QED) is 0.723. The first-order chi connectivity index (χ1) is 13.7. The Morgan fingerprint density at radius 2 is 2.07 bits per heavy atom. The van der Waals surface area contributed by atoms with Crippen molar-refractivity contribution in [3.05, 3.63) is 49.1 Å². The van der Waals surface area contributed by atoms with E-state index in [2.05, 4.69) is 20.5 Å². The fourth-order valence-electron chi connectivity index (χ4n) is 4.09. The summed E-state index contributed by atoms with van der Waals surface area (Å²) >= 11 is 0. The Morgan fingerprint density at radius 3 is 2.79 bits per heavy atom. The number of hydrogen-bond donors (Lipinski definition) is 2. The summed E-state index contributed by atoms with van der Waals surface area (Å²) in [5.74, 6) is 0.526. The fraction of sp³-hybridized carbons (Fsp3) is 0.350. The Morgan fingerprint density at radius 1 is 1.14 bits per heavy atom. The SMILES string of the molecule is Oc1cc(-n2ccnc2)ccc1-c1ccc(O[C@H]2CC3C[C@@H](F)C(C2)N3)nn1. The summed E-state index contributed by atoms with van der Waals surface area (Å²) < 4.78 is 21.5. The Balaban J connectivity index is 1.30. The van der Waals surface area contributed by atoms with Crippen LogP contribution in [-0.4, -0.2) is 49.2 Å². The number of halogens is 1. The highest BCUT2D eigenvalue weighted by Gasteiger charge is 2.41. The maximum absolute atomic E-state index is 13.8. The van der Waals surface area contributed by atoms with Gasteiger partial charge in [-0.3, -0.25) is 0 Å². The van der Waals surface area contributed by atoms with Crippen molar-refractivity contribution >= 4 is 0 Å². The van der Waals surface area contributed by atoms with E-state index in [4.69, 9.17) is 4.74 Å². The van der Waals surface area contributed by atoms with Crippen LogP contribution >= 0.6 is 0 Å². The average Bonchev–Trinajstić information content (AvgIpc) is 3.31. The van der Waals surface area contributed by atoms with E-state index in [-0.39, 0.29) is 23.9 Å². The maximum atomic E-state index is 13.8. The highest BCUT2D eigenvalue weighted by atomic mass is 19.1. The number of alkyl halides is 1. The van der Waals surface area contributed by atoms with Gasteiger partial charge in [0.15, 0.2) is 0 Å². The minimum atomic E-state index is -0.791. The second kappa shape index (κ2) is 6.87. The molecule has 4 atom stereocenters. The molecule has 3 aromatic rings. The van der Waals surface area contributed by atoms with Crippen molar-refractivity contribution in [2.45, 2.75) is 43.6 Å². The molecule has 2 saturated heterocycles. The number of nitrogens with one attached hydrogen (secondary N) is 1. The van der Waals surface area contributed by atoms with Crippen LogP contribution in [-0.2, 0) is 0 Å². The zero-order chi connectivity index (χ0) is 19.1. The lowest BCUT2D eigenvalue weighted by Gasteiger charge is -2.28. The molecule has 0 spiro atoms. The molecule has 5 rings (SSSR count). The summed E-state index contributed by atoms with van der Waals surface area (Å²) in [7, 11) is 0. The van der Waals surface area contributed by atoms with Crippen molar-refractivity contribution in [3.63, 3.8) is 0 Å². The standard InChI is InChI=1S/C20H20FN5O2/c21-16-8-12-7-14(10-18(16)23-12)28-20-4-3-17(24-25-20)15-2-1-13(9-19(15)27)26-6-5-22-11-26/h1-6,9,11-12,14,16,18,23,27H,7-8,10H2/t12?,14-,16+,18?/m0/s1. The predicted molar refractivity (Wildman–Crippen MR) is 100 cm³/mol. The second-order valence-corrected chi connectivity index (χ2v) is 7.36. The second-order valence-electron chi connectivity index (χ2n) is 7.36. The van der Waals surface area contributed by atoms with E-state index in [1.165, 1.54) is 0 Å². The maximum Gasteiger partial charge on any atom is 0.233 e. The Labute approximate surface area is 161 Å². The molecule has 2 aliphatic heterocycles. The van der Waals surface area contributed by atoms with E-state index in [1.54, 1.807) is 47.6 Å². The number of hydrogen-bond acceptors (Lipinski definition) is 6. The zero-order valence-corrected chi connectivity index (χ0v) is 15.1. The molecule has 2 N–H and O–H groups in total. The normalized spacial score (nSPS) is 26.3. The van der Waals surface area contributed by atoms with Gasteiger partial charge in [-0.2, -0.15) is 0 Å². The molecule has 2 fully saturated rings. The number of phenols is 1. The van der Waals surface area contributed by atoms with Crippen LogP contribution in [0.2, 0.25) is 0 Å². The van der Waals surface area contributed by atoms with E-state index in [0.29, 0.717) is 30.0 Å². The van der Waals surface area contributed by atoms with E-state index in [9.17, 15) is 9.50 Å². The van der Waals surface area contributed by atoms with Crippen LogP contribution in [0.4, 0.5) is 4.39 Å². The minimum Gasteiger partial charge on any atom is -0.507 e. The van der Waals surface area contributed by atoms with Gasteiger partial charge >= 0.3 is 0 Å². The molecule has 0 saturated carbocycles. The van der Waals surface area contributed by atoms with Gasteiger partial charge in [0.05, 0.1) is 17.7 Å². The van der Waals surface area contributed by atoms with Crippen LogP contribution in [0.15, 0.2) is 49.1 Å². The third-order valence-corrected chi connectivity index (χ3v) is 5.45. The molecule has 2 aromatic heterocycles. The lowest BCUT2D eigenvalue weighted by Crippen LogP contribution is -2.44. The van der Waals surface area contributed by atoms with Gasteiger partial charge in [0.1, 0.15) is 18.0 Å². The molecule has 7 nitrogen and oxygen atoms in total. The summed E-state index contributed by atoms with van der Waals surface area (Å²) in [6.45, 7) is 0. The molecule has 0 radical (unpaired) electrons. The number of imidazole rings is 1. The summed E-state index contributed by atoms with van der Waals surface area (Å²) in [6.07, 6.45) is 6.27. The number of aromatic hydroxyl groups is 1. The molecule has 0 amide bonds. The largest absolute Gasteiger partial charge is 0.507 e. The summed E-state index contributed by atoms with van der Waals surface area (Å²) in [5, 5.41) is 22.0. The number of nitrogens with zero attached hydrogens (tertiary/aromatic N) is 4. The minimum absolute atomic E-state index is 0.0555. The van der Waals surface area contributed by atoms with Gasteiger partial charge in [0.2, 0.25) is 5.88 Å². The number of phenolic OH excluding ortho intramolecular Hbond substituents is 1. The van der Waals surface area contributed by atoms with Gasteiger partial charge in [-0.1, -0.05) is 0 Å². The summed E-state index contributed by atoms with van der Waals surface area (Å²) in [4.78, 5) is 4.00. The lowest BCUT2D eigenvalue weighted by atomic mass is 10.0. The third-order valence-electron chi connectivity index (χ3n) is 5.45. The van der Waals surface area contributed by atoms with Crippen LogP contribution in [0.5, 0.6) is 11.6 Å². The number of fused-ring (bicyclic) bond motifs is 2. The first-order valence-electron chi connectivity index (χ1n) is 9.38. The third kappa shape index (κ3) is 3.20. The number of rotatable bonds is 4. The fourth-order valence-corrected chi connectivity index (χ4v) is 4.09. The summed E-state index contributed by atoms with van der Waals surface area (Å²) in [5.41, 5.74) is 1.94. The van der Waals surface area contributed by atoms with Crippen molar-refractivity contribution in [1.29, 1.82) is 0 Å². The number of benzene rings is 1. The summed E-state index contributed by atoms with van der Waals surface area (Å²) in [6, 6.07) is 8.88. The van der Waals surface area contributed by atoms with Crippen molar-refractivity contribution < 1.29 is 14.2 Å². The van der Waals surface area contributed by atoms with Crippen LogP contribution in [0.3, 0.4) is 0 Å². The average molecular weight is 381 g/mol. The highest BCUT2D eigenvalue weighted by molar-refractivity contribution is 5.68. The first-order valence-corrected chi connectivity index (χ1v) is 9.38. The van der Waals surface area contributed by atoms with Crippen molar-refractivity contribution in [2.24, 2.45) is 0 Å². The van der Waals surface area contributed by atoms with Crippen LogP contribution in [0, 0.1) is 0 Å². The van der Waals surface area contributed by atoms with Gasteiger partial charge in [0.25, 0.3) is 0 Å². The Hall–Kier alpha value is -3.00. The first kappa shape index (κ1) is 17.1. The molecular formula is C20H20FN5O2. The van der Waals surface area contributed by atoms with Crippen LogP contribution in [0.1, 0.15) is 19.3 Å². The lowest BCUT2D eigenvalue weighted by molar-refractivity contribution is 0.123. The van der Waals surface area contributed by atoms with Crippen molar-refractivity contribution in [2.75, 3.05) is 0 Å². The monoisotopic (exact) mass is 381 g/mol. The highest BCUT2D eigenvalue weighted by Crippen LogP contribution is 2.32. The Bertz CT molecular complexity index is 961. The van der Waals surface area contributed by atoms with Gasteiger partial charge in [-0.25, -0.2) is 9.37 Å². The Kier molecular flexibility index (Phi) is 4.20. The van der Waals surface area contributed by atoms with E-state index in [0.717, 1.165) is 12.1 Å². The van der Waals surface area contributed by atoms with Crippen molar-refractivity contribution in [1.82, 2.24) is 25.1 Å².